The first kappa shape index (κ1) is 25.9. The fraction of sp³-hybridized carbons (Fsp3) is 0.423. The van der Waals surface area contributed by atoms with Gasteiger partial charge in [-0.25, -0.2) is 4.98 Å². The van der Waals surface area contributed by atoms with Gasteiger partial charge in [-0.15, -0.1) is 0 Å². The second kappa shape index (κ2) is 11.1. The fourth-order valence-corrected chi connectivity index (χ4v) is 3.95. The number of aliphatic carboxylic acids is 1. The summed E-state index contributed by atoms with van der Waals surface area (Å²) in [6, 6.07) is 6.35. The third-order valence-corrected chi connectivity index (χ3v) is 6.08. The number of aryl methyl sites for hydroxylation is 3. The fourth-order valence-electron chi connectivity index (χ4n) is 3.95. The van der Waals surface area contributed by atoms with Crippen molar-refractivity contribution in [3.05, 3.63) is 46.6 Å². The van der Waals surface area contributed by atoms with Crippen molar-refractivity contribution in [1.29, 1.82) is 0 Å². The highest BCUT2D eigenvalue weighted by molar-refractivity contribution is 5.81. The molecule has 0 aliphatic carbocycles. The molecule has 0 unspecified atom stereocenters. The van der Waals surface area contributed by atoms with E-state index in [0.29, 0.717) is 24.2 Å². The summed E-state index contributed by atoms with van der Waals surface area (Å²) >= 11 is 0. The van der Waals surface area contributed by atoms with E-state index in [-0.39, 0.29) is 18.9 Å². The van der Waals surface area contributed by atoms with Crippen LogP contribution in [0.5, 0.6) is 0 Å². The van der Waals surface area contributed by atoms with Crippen LogP contribution < -0.4 is 10.2 Å². The third-order valence-electron chi connectivity index (χ3n) is 6.08. The zero-order chi connectivity index (χ0) is 25.7. The Kier molecular flexibility index (Phi) is 8.22. The Labute approximate surface area is 205 Å². The highest BCUT2D eigenvalue weighted by Crippen LogP contribution is 2.29. The summed E-state index contributed by atoms with van der Waals surface area (Å²) in [6.45, 7) is 9.92. The molecular weight excluding hydrogens is 446 g/mol. The van der Waals surface area contributed by atoms with Crippen LogP contribution in [0.1, 0.15) is 49.4 Å². The molecule has 0 radical (unpaired) electrons. The van der Waals surface area contributed by atoms with Gasteiger partial charge in [-0.3, -0.25) is 9.59 Å². The molecule has 1 aromatic carbocycles. The van der Waals surface area contributed by atoms with E-state index < -0.39 is 5.97 Å². The number of carboxylic acid groups (broad SMARTS) is 1. The van der Waals surface area contributed by atoms with Crippen LogP contribution in [0.25, 0.3) is 22.8 Å². The molecule has 2 aromatic heterocycles. The predicted molar refractivity (Wildman–Crippen MR) is 134 cm³/mol. The first-order valence-corrected chi connectivity index (χ1v) is 11.8. The van der Waals surface area contributed by atoms with E-state index in [2.05, 4.69) is 46.1 Å². The first-order valence-electron chi connectivity index (χ1n) is 11.8. The molecule has 186 valence electrons. The van der Waals surface area contributed by atoms with E-state index in [9.17, 15) is 9.59 Å². The topological polar surface area (TPSA) is 121 Å². The van der Waals surface area contributed by atoms with Crippen LogP contribution in [0, 0.1) is 13.8 Å². The van der Waals surface area contributed by atoms with Gasteiger partial charge in [0, 0.05) is 31.3 Å². The van der Waals surface area contributed by atoms with Crippen LogP contribution in [0.3, 0.4) is 0 Å². The van der Waals surface area contributed by atoms with Crippen molar-refractivity contribution in [2.75, 3.05) is 18.5 Å². The van der Waals surface area contributed by atoms with Crippen LogP contribution in [0.2, 0.25) is 0 Å². The maximum atomic E-state index is 12.0. The molecule has 0 spiro atoms. The molecule has 2 N–H and O–H groups in total. The quantitative estimate of drug-likeness (QED) is 0.448. The number of aromatic nitrogens is 3. The van der Waals surface area contributed by atoms with Crippen molar-refractivity contribution in [2.45, 2.75) is 59.9 Å². The van der Waals surface area contributed by atoms with Gasteiger partial charge in [0.1, 0.15) is 12.4 Å². The predicted octanol–water partition coefficient (Wildman–Crippen LogP) is 3.96. The Hall–Kier alpha value is -3.75. The van der Waals surface area contributed by atoms with Crippen molar-refractivity contribution in [1.82, 2.24) is 20.4 Å². The summed E-state index contributed by atoms with van der Waals surface area (Å²) in [4.78, 5) is 33.9. The maximum Gasteiger partial charge on any atom is 0.322 e. The van der Waals surface area contributed by atoms with Crippen LogP contribution in [-0.2, 0) is 22.4 Å². The number of amides is 1. The van der Waals surface area contributed by atoms with Gasteiger partial charge in [-0.2, -0.15) is 4.98 Å². The van der Waals surface area contributed by atoms with Gasteiger partial charge < -0.3 is 19.8 Å². The van der Waals surface area contributed by atoms with Gasteiger partial charge in [-0.1, -0.05) is 12.1 Å². The first-order chi connectivity index (χ1) is 16.6. The number of hydrogen-bond acceptors (Lipinski definition) is 7. The van der Waals surface area contributed by atoms with Gasteiger partial charge in [0.25, 0.3) is 5.89 Å². The van der Waals surface area contributed by atoms with Gasteiger partial charge in [0.05, 0.1) is 5.56 Å². The molecule has 0 aliphatic rings. The highest BCUT2D eigenvalue weighted by atomic mass is 16.5. The Morgan fingerprint density at radius 1 is 1.14 bits per heavy atom. The molecule has 2 heterocycles. The summed E-state index contributed by atoms with van der Waals surface area (Å²) in [7, 11) is 2.02. The SMILES string of the molecule is CCc1cc(-c2noc(-c3cnc(N(C)C(C)C)c(C)c3)n2)cc(C)c1CCC(=O)NCC(=O)O. The van der Waals surface area contributed by atoms with Crippen LogP contribution >= 0.6 is 0 Å². The van der Waals surface area contributed by atoms with Gasteiger partial charge in [0.2, 0.25) is 11.7 Å². The normalized spacial score (nSPS) is 11.1. The minimum atomic E-state index is -1.06. The molecule has 3 rings (SSSR count). The summed E-state index contributed by atoms with van der Waals surface area (Å²) in [5, 5.41) is 15.3. The lowest BCUT2D eigenvalue weighted by molar-refractivity contribution is -0.137. The molecule has 35 heavy (non-hydrogen) atoms. The highest BCUT2D eigenvalue weighted by Gasteiger charge is 2.17. The largest absolute Gasteiger partial charge is 0.480 e. The number of carbonyl (C=O) groups is 2. The number of carbonyl (C=O) groups excluding carboxylic acids is 1. The monoisotopic (exact) mass is 479 g/mol. The number of nitrogens with zero attached hydrogens (tertiary/aromatic N) is 4. The summed E-state index contributed by atoms with van der Waals surface area (Å²) in [6.07, 6.45) is 3.28. The number of nitrogens with one attached hydrogen (secondary N) is 1. The Balaban J connectivity index is 1.81. The average Bonchev–Trinajstić information content (AvgIpc) is 3.31. The van der Waals surface area contributed by atoms with E-state index in [0.717, 1.165) is 45.6 Å². The molecule has 9 heteroatoms. The van der Waals surface area contributed by atoms with Crippen molar-refractivity contribution in [3.8, 4) is 22.8 Å². The number of pyridine rings is 1. The molecule has 9 nitrogen and oxygen atoms in total. The lowest BCUT2D eigenvalue weighted by Gasteiger charge is -2.24. The second-order valence-corrected chi connectivity index (χ2v) is 8.95. The maximum absolute atomic E-state index is 12.0. The smallest absolute Gasteiger partial charge is 0.322 e. The van der Waals surface area contributed by atoms with E-state index >= 15 is 0 Å². The molecule has 0 aliphatic heterocycles. The Morgan fingerprint density at radius 3 is 2.49 bits per heavy atom. The number of anilines is 1. The minimum absolute atomic E-state index is 0.223. The number of carboxylic acids is 1. The van der Waals surface area contributed by atoms with E-state index in [4.69, 9.17) is 9.63 Å². The standard InChI is InChI=1S/C26H33N5O4/c1-7-18-12-19(10-16(4)21(18)8-9-22(32)27-14-23(33)34)24-29-26(35-30-24)20-11-17(5)25(28-13-20)31(6)15(2)3/h10-13,15H,7-9,14H2,1-6H3,(H,27,32)(H,33,34). The Bertz CT molecular complexity index is 1220. The van der Waals surface area contributed by atoms with Crippen molar-refractivity contribution in [3.63, 3.8) is 0 Å². The molecule has 1 amide bonds. The molecule has 0 fully saturated rings. The number of hydrogen-bond donors (Lipinski definition) is 2. The minimum Gasteiger partial charge on any atom is -0.480 e. The molecule has 0 atom stereocenters. The summed E-state index contributed by atoms with van der Waals surface area (Å²) in [5.74, 6) is 0.473. The molecule has 0 saturated heterocycles. The summed E-state index contributed by atoms with van der Waals surface area (Å²) in [5.41, 5.74) is 5.83. The van der Waals surface area contributed by atoms with E-state index in [1.54, 1.807) is 6.20 Å². The van der Waals surface area contributed by atoms with Crippen molar-refractivity contribution in [2.24, 2.45) is 0 Å². The van der Waals surface area contributed by atoms with Crippen LogP contribution in [0.15, 0.2) is 28.9 Å². The molecule has 0 bridgehead atoms. The van der Waals surface area contributed by atoms with Crippen LogP contribution in [-0.4, -0.2) is 51.7 Å². The van der Waals surface area contributed by atoms with Crippen molar-refractivity contribution >= 4 is 17.7 Å². The Morgan fingerprint density at radius 2 is 1.86 bits per heavy atom. The number of rotatable bonds is 10. The second-order valence-electron chi connectivity index (χ2n) is 8.95. The zero-order valence-corrected chi connectivity index (χ0v) is 21.2. The van der Waals surface area contributed by atoms with Gasteiger partial charge in [-0.05, 0) is 81.0 Å². The van der Waals surface area contributed by atoms with E-state index in [1.165, 1.54) is 0 Å². The van der Waals surface area contributed by atoms with Gasteiger partial charge in [0.15, 0.2) is 0 Å². The molecular formula is C26H33N5O4. The summed E-state index contributed by atoms with van der Waals surface area (Å²) < 4.78 is 5.56. The lowest BCUT2D eigenvalue weighted by Crippen LogP contribution is -2.29. The van der Waals surface area contributed by atoms with Gasteiger partial charge >= 0.3 is 5.97 Å². The lowest BCUT2D eigenvalue weighted by atomic mass is 9.93. The van der Waals surface area contributed by atoms with Crippen molar-refractivity contribution < 1.29 is 19.2 Å². The average molecular weight is 480 g/mol. The molecule has 3 aromatic rings. The van der Waals surface area contributed by atoms with Crippen LogP contribution in [0.4, 0.5) is 5.82 Å². The van der Waals surface area contributed by atoms with E-state index in [1.807, 2.05) is 39.1 Å². The zero-order valence-electron chi connectivity index (χ0n) is 21.2. The third kappa shape index (κ3) is 6.23. The number of benzene rings is 1. The molecule has 0 saturated carbocycles.